The average molecular weight is 307 g/mol. The summed E-state index contributed by atoms with van der Waals surface area (Å²) >= 11 is 1.83. The Morgan fingerprint density at radius 2 is 2.00 bits per heavy atom. The molecular formula is C17H22FNOS. The number of ether oxygens (including phenoxy) is 1. The maximum absolute atomic E-state index is 13.7. The zero-order valence-corrected chi connectivity index (χ0v) is 13.8. The van der Waals surface area contributed by atoms with Crippen molar-refractivity contribution >= 4 is 11.3 Å². The summed E-state index contributed by atoms with van der Waals surface area (Å²) in [4.78, 5) is 2.71. The van der Waals surface area contributed by atoms with Crippen molar-refractivity contribution in [2.45, 2.75) is 39.3 Å². The molecule has 21 heavy (non-hydrogen) atoms. The summed E-state index contributed by atoms with van der Waals surface area (Å²) in [6, 6.07) is 9.88. The van der Waals surface area contributed by atoms with Gasteiger partial charge in [0.15, 0.2) is 11.6 Å². The van der Waals surface area contributed by atoms with Crippen LogP contribution >= 0.6 is 11.3 Å². The first-order chi connectivity index (χ1) is 9.99. The number of thiophene rings is 1. The fourth-order valence-corrected chi connectivity index (χ4v) is 3.45. The van der Waals surface area contributed by atoms with Gasteiger partial charge in [-0.2, -0.15) is 0 Å². The van der Waals surface area contributed by atoms with E-state index in [4.69, 9.17) is 4.74 Å². The van der Waals surface area contributed by atoms with Crippen LogP contribution in [0.3, 0.4) is 0 Å². The first kappa shape index (κ1) is 16.0. The van der Waals surface area contributed by atoms with Crippen molar-refractivity contribution in [1.82, 2.24) is 5.32 Å². The van der Waals surface area contributed by atoms with Gasteiger partial charge in [0.1, 0.15) is 0 Å². The molecule has 0 aliphatic carbocycles. The molecule has 0 saturated heterocycles. The van der Waals surface area contributed by atoms with Crippen molar-refractivity contribution in [1.29, 1.82) is 0 Å². The van der Waals surface area contributed by atoms with Gasteiger partial charge < -0.3 is 10.1 Å². The molecular weight excluding hydrogens is 285 g/mol. The standard InChI is InChI=1S/C17H22FNOS/c1-11(9-15-7-5-12(2)21-15)19-13(3)14-6-8-17(20-4)16(18)10-14/h5-8,10-11,13,19H,9H2,1-4H3. The highest BCUT2D eigenvalue weighted by atomic mass is 32.1. The van der Waals surface area contributed by atoms with Crippen molar-refractivity contribution in [2.24, 2.45) is 0 Å². The molecule has 0 aliphatic heterocycles. The summed E-state index contributed by atoms with van der Waals surface area (Å²) in [6.07, 6.45) is 0.988. The number of methoxy groups -OCH3 is 1. The van der Waals surface area contributed by atoms with Gasteiger partial charge in [-0.25, -0.2) is 4.39 Å². The second kappa shape index (κ2) is 7.05. The highest BCUT2D eigenvalue weighted by Crippen LogP contribution is 2.23. The highest BCUT2D eigenvalue weighted by molar-refractivity contribution is 7.11. The van der Waals surface area contributed by atoms with Gasteiger partial charge in [0.2, 0.25) is 0 Å². The van der Waals surface area contributed by atoms with Crippen LogP contribution in [0.1, 0.15) is 35.2 Å². The molecule has 2 unspecified atom stereocenters. The smallest absolute Gasteiger partial charge is 0.165 e. The topological polar surface area (TPSA) is 21.3 Å². The lowest BCUT2D eigenvalue weighted by Crippen LogP contribution is -2.30. The van der Waals surface area contributed by atoms with Gasteiger partial charge in [-0.05, 0) is 57.0 Å². The molecule has 2 aromatic rings. The molecule has 0 fully saturated rings. The van der Waals surface area contributed by atoms with Crippen molar-refractivity contribution < 1.29 is 9.13 Å². The van der Waals surface area contributed by atoms with Crippen molar-refractivity contribution in [2.75, 3.05) is 7.11 Å². The van der Waals surface area contributed by atoms with Gasteiger partial charge in [0, 0.05) is 21.8 Å². The Morgan fingerprint density at radius 1 is 1.24 bits per heavy atom. The summed E-state index contributed by atoms with van der Waals surface area (Å²) < 4.78 is 18.7. The third-order valence-corrected chi connectivity index (χ3v) is 4.54. The lowest BCUT2D eigenvalue weighted by molar-refractivity contribution is 0.385. The third-order valence-electron chi connectivity index (χ3n) is 3.51. The third kappa shape index (κ3) is 4.29. The van der Waals surface area contributed by atoms with Crippen LogP contribution in [0, 0.1) is 12.7 Å². The Balaban J connectivity index is 1.97. The number of benzene rings is 1. The van der Waals surface area contributed by atoms with E-state index in [9.17, 15) is 4.39 Å². The highest BCUT2D eigenvalue weighted by Gasteiger charge is 2.13. The van der Waals surface area contributed by atoms with Gasteiger partial charge in [-0.15, -0.1) is 11.3 Å². The molecule has 114 valence electrons. The average Bonchev–Trinajstić information content (AvgIpc) is 2.83. The minimum absolute atomic E-state index is 0.0986. The zero-order chi connectivity index (χ0) is 15.4. The van der Waals surface area contributed by atoms with E-state index in [0.29, 0.717) is 6.04 Å². The Hall–Kier alpha value is -1.39. The molecule has 0 radical (unpaired) electrons. The Bertz CT molecular complexity index is 596. The zero-order valence-electron chi connectivity index (χ0n) is 12.9. The maximum atomic E-state index is 13.7. The Labute approximate surface area is 130 Å². The van der Waals surface area contributed by atoms with Gasteiger partial charge in [-0.1, -0.05) is 6.07 Å². The largest absolute Gasteiger partial charge is 0.494 e. The van der Waals surface area contributed by atoms with Crippen LogP contribution in [0.25, 0.3) is 0 Å². The second-order valence-electron chi connectivity index (χ2n) is 5.40. The maximum Gasteiger partial charge on any atom is 0.165 e. The van der Waals surface area contributed by atoms with Crippen LogP contribution in [-0.4, -0.2) is 13.2 Å². The van der Waals surface area contributed by atoms with Crippen LogP contribution < -0.4 is 10.1 Å². The number of hydrogen-bond acceptors (Lipinski definition) is 3. The fraction of sp³-hybridized carbons (Fsp3) is 0.412. The van der Waals surface area contributed by atoms with E-state index in [2.05, 4.69) is 38.2 Å². The van der Waals surface area contributed by atoms with E-state index in [1.165, 1.54) is 16.9 Å². The summed E-state index contributed by atoms with van der Waals surface area (Å²) in [5, 5.41) is 3.52. The van der Waals surface area contributed by atoms with Crippen LogP contribution in [0.2, 0.25) is 0 Å². The molecule has 0 amide bonds. The predicted octanol–water partition coefficient (Wildman–Crippen LogP) is 4.49. The molecule has 2 rings (SSSR count). The monoisotopic (exact) mass is 307 g/mol. The van der Waals surface area contributed by atoms with Gasteiger partial charge >= 0.3 is 0 Å². The normalized spacial score (nSPS) is 14.0. The van der Waals surface area contributed by atoms with E-state index in [0.717, 1.165) is 12.0 Å². The van der Waals surface area contributed by atoms with Crippen LogP contribution in [0.4, 0.5) is 4.39 Å². The van der Waals surface area contributed by atoms with E-state index in [1.54, 1.807) is 12.1 Å². The predicted molar refractivity (Wildman–Crippen MR) is 86.7 cm³/mol. The molecule has 4 heteroatoms. The minimum atomic E-state index is -0.315. The molecule has 1 aromatic heterocycles. The molecule has 1 N–H and O–H groups in total. The number of halogens is 1. The first-order valence-electron chi connectivity index (χ1n) is 7.14. The lowest BCUT2D eigenvalue weighted by Gasteiger charge is -2.20. The molecule has 0 aliphatic rings. The molecule has 0 spiro atoms. The summed E-state index contributed by atoms with van der Waals surface area (Å²) in [5.74, 6) is -0.0294. The fourth-order valence-electron chi connectivity index (χ4n) is 2.43. The molecule has 1 heterocycles. The summed E-state index contributed by atoms with van der Waals surface area (Å²) in [7, 11) is 1.48. The van der Waals surface area contributed by atoms with Gasteiger partial charge in [-0.3, -0.25) is 0 Å². The molecule has 0 saturated carbocycles. The molecule has 2 nitrogen and oxygen atoms in total. The van der Waals surface area contributed by atoms with Crippen LogP contribution in [-0.2, 0) is 6.42 Å². The van der Waals surface area contributed by atoms with Crippen molar-refractivity contribution in [3.05, 3.63) is 51.5 Å². The number of rotatable bonds is 6. The van der Waals surface area contributed by atoms with E-state index in [-0.39, 0.29) is 17.6 Å². The van der Waals surface area contributed by atoms with Gasteiger partial charge in [0.25, 0.3) is 0 Å². The van der Waals surface area contributed by atoms with E-state index < -0.39 is 0 Å². The van der Waals surface area contributed by atoms with Crippen LogP contribution in [0.15, 0.2) is 30.3 Å². The van der Waals surface area contributed by atoms with E-state index >= 15 is 0 Å². The molecule has 2 atom stereocenters. The Morgan fingerprint density at radius 3 is 2.57 bits per heavy atom. The molecule has 0 bridgehead atoms. The number of nitrogens with one attached hydrogen (secondary N) is 1. The lowest BCUT2D eigenvalue weighted by atomic mass is 10.1. The SMILES string of the molecule is COc1ccc(C(C)NC(C)Cc2ccc(C)s2)cc1F. The summed E-state index contributed by atoms with van der Waals surface area (Å²) in [5.41, 5.74) is 0.933. The quantitative estimate of drug-likeness (QED) is 0.849. The van der Waals surface area contributed by atoms with E-state index in [1.807, 2.05) is 17.4 Å². The Kier molecular flexibility index (Phi) is 5.37. The summed E-state index contributed by atoms with van der Waals surface area (Å²) in [6.45, 7) is 6.33. The number of hydrogen-bond donors (Lipinski definition) is 1. The molecule has 1 aromatic carbocycles. The van der Waals surface area contributed by atoms with Crippen molar-refractivity contribution in [3.8, 4) is 5.75 Å². The number of aryl methyl sites for hydroxylation is 1. The van der Waals surface area contributed by atoms with Crippen molar-refractivity contribution in [3.63, 3.8) is 0 Å². The van der Waals surface area contributed by atoms with Gasteiger partial charge in [0.05, 0.1) is 7.11 Å². The second-order valence-corrected chi connectivity index (χ2v) is 6.77. The van der Waals surface area contributed by atoms with Crippen LogP contribution in [0.5, 0.6) is 5.75 Å². The first-order valence-corrected chi connectivity index (χ1v) is 7.96. The minimum Gasteiger partial charge on any atom is -0.494 e.